The van der Waals surface area contributed by atoms with Gasteiger partial charge in [0, 0.05) is 32.2 Å². The summed E-state index contributed by atoms with van der Waals surface area (Å²) in [7, 11) is 0. The van der Waals surface area contributed by atoms with Crippen LogP contribution in [0.3, 0.4) is 0 Å². The average molecular weight is 410 g/mol. The van der Waals surface area contributed by atoms with Crippen molar-refractivity contribution in [3.63, 3.8) is 0 Å². The van der Waals surface area contributed by atoms with E-state index in [1.54, 1.807) is 0 Å². The van der Waals surface area contributed by atoms with Gasteiger partial charge in [0.1, 0.15) is 18.5 Å². The van der Waals surface area contributed by atoms with Crippen molar-refractivity contribution in [2.75, 3.05) is 6.54 Å². The normalized spacial score (nSPS) is 9.73. The first-order chi connectivity index (χ1) is 14.8. The molecule has 0 aromatic carbocycles. The monoisotopic (exact) mass is 409 g/mol. The number of amides is 1. The van der Waals surface area contributed by atoms with E-state index < -0.39 is 0 Å². The zero-order chi connectivity index (χ0) is 21.7. The zero-order valence-electron chi connectivity index (χ0n) is 18.6. The minimum atomic E-state index is 0.0308. The fraction of sp³-hybridized carbons (Fsp3) is 0.640. The topological polar surface area (TPSA) is 61.7 Å². The molecule has 30 heavy (non-hydrogen) atoms. The third-order valence-electron chi connectivity index (χ3n) is 4.79. The largest absolute Gasteiger partial charge is 0.356 e. The number of imidazole rings is 1. The van der Waals surface area contributed by atoms with Crippen molar-refractivity contribution < 1.29 is 9.36 Å². The van der Waals surface area contributed by atoms with Gasteiger partial charge in [0.15, 0.2) is 6.54 Å². The number of rotatable bonds is 15. The van der Waals surface area contributed by atoms with Crippen molar-refractivity contribution in [1.82, 2.24) is 9.88 Å². The lowest BCUT2D eigenvalue weighted by Gasteiger charge is -2.02. The van der Waals surface area contributed by atoms with Crippen LogP contribution in [-0.4, -0.2) is 17.0 Å². The van der Waals surface area contributed by atoms with Crippen LogP contribution in [0.4, 0.5) is 0 Å². The number of hydrogen-bond acceptors (Lipinski definition) is 2. The smallest absolute Gasteiger partial charge is 0.244 e. The predicted molar refractivity (Wildman–Crippen MR) is 120 cm³/mol. The number of aromatic nitrogens is 2. The van der Waals surface area contributed by atoms with Crippen molar-refractivity contribution in [2.45, 2.75) is 97.1 Å². The molecule has 1 aromatic rings. The van der Waals surface area contributed by atoms with Crippen molar-refractivity contribution in [3.8, 4) is 29.8 Å². The number of nitrogens with one attached hydrogen (secondary N) is 1. The molecule has 0 aliphatic heterocycles. The second-order valence-electron chi connectivity index (χ2n) is 7.51. The molecule has 0 aliphatic rings. The van der Waals surface area contributed by atoms with Gasteiger partial charge in [-0.3, -0.25) is 4.79 Å². The summed E-state index contributed by atoms with van der Waals surface area (Å²) in [5, 5.41) is 11.6. The standard InChI is InChI=1S/C25H36N4O/c1-2-3-4-5-6-7-8-9-10-11-12-13-14-15-17-25(30)27-19-16-20-28-22-23-29(24-28)21-18-26/h22-24H,2-10,15-17,19-21H2,1H3/p+1. The number of carbonyl (C=O) groups is 1. The Morgan fingerprint density at radius 1 is 1.00 bits per heavy atom. The van der Waals surface area contributed by atoms with Crippen LogP contribution in [0.25, 0.3) is 0 Å². The second-order valence-corrected chi connectivity index (χ2v) is 7.51. The molecule has 0 spiro atoms. The highest BCUT2D eigenvalue weighted by atomic mass is 16.1. The SMILES string of the molecule is CCCCCCCCCCC#CC#CCCC(=O)NCCC[n+]1ccn(CC#N)c1. The van der Waals surface area contributed by atoms with Gasteiger partial charge in [-0.15, -0.1) is 0 Å². The highest BCUT2D eigenvalue weighted by Crippen LogP contribution is 2.09. The van der Waals surface area contributed by atoms with Crippen LogP contribution in [0.2, 0.25) is 0 Å². The third-order valence-corrected chi connectivity index (χ3v) is 4.79. The van der Waals surface area contributed by atoms with Gasteiger partial charge >= 0.3 is 0 Å². The maximum Gasteiger partial charge on any atom is 0.244 e. The number of aryl methyl sites for hydroxylation is 1. The molecular formula is C25H37N4O+. The summed E-state index contributed by atoms with van der Waals surface area (Å²) < 4.78 is 3.84. The molecule has 0 saturated carbocycles. The first-order valence-electron chi connectivity index (χ1n) is 11.4. The molecule has 0 fully saturated rings. The summed E-state index contributed by atoms with van der Waals surface area (Å²) in [6.45, 7) is 4.06. The average Bonchev–Trinajstić information content (AvgIpc) is 3.19. The summed E-state index contributed by atoms with van der Waals surface area (Å²) in [6, 6.07) is 2.11. The van der Waals surface area contributed by atoms with E-state index >= 15 is 0 Å². The van der Waals surface area contributed by atoms with E-state index in [1.807, 2.05) is 27.9 Å². The molecule has 1 amide bonds. The Balaban J connectivity index is 1.96. The highest BCUT2D eigenvalue weighted by molar-refractivity contribution is 5.76. The first kappa shape index (κ1) is 25.3. The molecule has 162 valence electrons. The summed E-state index contributed by atoms with van der Waals surface area (Å²) >= 11 is 0. The van der Waals surface area contributed by atoms with Crippen LogP contribution in [0.5, 0.6) is 0 Å². The zero-order valence-corrected chi connectivity index (χ0v) is 18.6. The summed E-state index contributed by atoms with van der Waals surface area (Å²) in [5.74, 6) is 11.8. The summed E-state index contributed by atoms with van der Waals surface area (Å²) in [5.41, 5.74) is 0. The van der Waals surface area contributed by atoms with E-state index in [0.29, 0.717) is 25.9 Å². The van der Waals surface area contributed by atoms with Gasteiger partial charge in [0.05, 0.1) is 6.54 Å². The number of nitrogens with zero attached hydrogens (tertiary/aromatic N) is 3. The molecule has 5 nitrogen and oxygen atoms in total. The third kappa shape index (κ3) is 14.3. The summed E-state index contributed by atoms with van der Waals surface area (Å²) in [6.07, 6.45) is 18.9. The van der Waals surface area contributed by atoms with Gasteiger partial charge in [-0.2, -0.15) is 5.26 Å². The number of carbonyl (C=O) groups excluding carboxylic acids is 1. The van der Waals surface area contributed by atoms with Crippen LogP contribution < -0.4 is 9.88 Å². The molecule has 0 saturated heterocycles. The van der Waals surface area contributed by atoms with Gasteiger partial charge in [-0.1, -0.05) is 63.7 Å². The Kier molecular flexibility index (Phi) is 15.5. The van der Waals surface area contributed by atoms with Crippen LogP contribution in [-0.2, 0) is 17.9 Å². The highest BCUT2D eigenvalue weighted by Gasteiger charge is 2.03. The lowest BCUT2D eigenvalue weighted by atomic mass is 10.1. The Labute approximate surface area is 182 Å². The molecule has 0 radical (unpaired) electrons. The molecule has 5 heteroatoms. The van der Waals surface area contributed by atoms with Gasteiger partial charge in [-0.25, -0.2) is 9.13 Å². The van der Waals surface area contributed by atoms with Crippen LogP contribution in [0.15, 0.2) is 18.7 Å². The molecular weight excluding hydrogens is 372 g/mol. The predicted octanol–water partition coefficient (Wildman–Crippen LogP) is 4.12. The van der Waals surface area contributed by atoms with E-state index in [9.17, 15) is 4.79 Å². The molecule has 0 unspecified atom stereocenters. The maximum absolute atomic E-state index is 11.8. The molecule has 1 rings (SSSR count). The van der Waals surface area contributed by atoms with E-state index in [4.69, 9.17) is 5.26 Å². The quantitative estimate of drug-likeness (QED) is 0.269. The Hall–Kier alpha value is -2.71. The molecule has 0 aliphatic carbocycles. The minimum absolute atomic E-state index is 0.0308. The first-order valence-corrected chi connectivity index (χ1v) is 11.4. The molecule has 1 heterocycles. The Morgan fingerprint density at radius 2 is 1.70 bits per heavy atom. The number of hydrogen-bond donors (Lipinski definition) is 1. The minimum Gasteiger partial charge on any atom is -0.356 e. The Morgan fingerprint density at radius 3 is 2.43 bits per heavy atom. The van der Waals surface area contributed by atoms with Crippen LogP contribution in [0.1, 0.15) is 84.0 Å². The van der Waals surface area contributed by atoms with E-state index in [0.717, 1.165) is 25.8 Å². The second kappa shape index (κ2) is 18.3. The van der Waals surface area contributed by atoms with Crippen molar-refractivity contribution in [1.29, 1.82) is 5.26 Å². The van der Waals surface area contributed by atoms with Crippen molar-refractivity contribution in [2.24, 2.45) is 0 Å². The maximum atomic E-state index is 11.8. The lowest BCUT2D eigenvalue weighted by Crippen LogP contribution is -2.34. The van der Waals surface area contributed by atoms with Crippen LogP contribution in [0, 0.1) is 35.0 Å². The van der Waals surface area contributed by atoms with Crippen LogP contribution >= 0.6 is 0 Å². The van der Waals surface area contributed by atoms with Gasteiger partial charge in [0.2, 0.25) is 12.2 Å². The van der Waals surface area contributed by atoms with Crippen molar-refractivity contribution in [3.05, 3.63) is 18.7 Å². The van der Waals surface area contributed by atoms with Crippen molar-refractivity contribution >= 4 is 5.91 Å². The Bertz CT molecular complexity index is 752. The molecule has 0 bridgehead atoms. The molecule has 1 N–H and O–H groups in total. The fourth-order valence-electron chi connectivity index (χ4n) is 3.06. The van der Waals surface area contributed by atoms with Gasteiger partial charge < -0.3 is 5.32 Å². The van der Waals surface area contributed by atoms with Gasteiger partial charge in [-0.05, 0) is 18.3 Å². The molecule has 1 aromatic heterocycles. The number of nitriles is 1. The molecule has 0 atom stereocenters. The summed E-state index contributed by atoms with van der Waals surface area (Å²) in [4.78, 5) is 11.8. The van der Waals surface area contributed by atoms with E-state index in [2.05, 4.69) is 42.0 Å². The lowest BCUT2D eigenvalue weighted by molar-refractivity contribution is -0.696. The van der Waals surface area contributed by atoms with E-state index in [1.165, 1.54) is 44.9 Å². The van der Waals surface area contributed by atoms with Gasteiger partial charge in [0.25, 0.3) is 0 Å². The fourth-order valence-corrected chi connectivity index (χ4v) is 3.06. The van der Waals surface area contributed by atoms with E-state index in [-0.39, 0.29) is 5.91 Å². The number of unbranched alkanes of at least 4 members (excludes halogenated alkanes) is 8.